The number of nitrogens with one attached hydrogen (secondary N) is 1. The van der Waals surface area contributed by atoms with Gasteiger partial charge in [-0.25, -0.2) is 21.1 Å². The van der Waals surface area contributed by atoms with E-state index in [1.165, 1.54) is 19.1 Å². The Hall–Kier alpha value is -2.59. The van der Waals surface area contributed by atoms with Crippen molar-refractivity contribution in [2.24, 2.45) is 5.92 Å². The average molecular weight is 481 g/mol. The van der Waals surface area contributed by atoms with Gasteiger partial charge in [-0.1, -0.05) is 39.8 Å². The number of rotatable bonds is 6. The fourth-order valence-corrected chi connectivity index (χ4v) is 6.48. The third kappa shape index (κ3) is 4.75. The van der Waals surface area contributed by atoms with Crippen LogP contribution in [0.15, 0.2) is 47.4 Å². The van der Waals surface area contributed by atoms with Gasteiger partial charge >= 0.3 is 0 Å². The molecule has 32 heavy (non-hydrogen) atoms. The van der Waals surface area contributed by atoms with Crippen LogP contribution in [0.3, 0.4) is 0 Å². The van der Waals surface area contributed by atoms with Crippen molar-refractivity contribution < 1.29 is 26.4 Å². The van der Waals surface area contributed by atoms with Crippen LogP contribution >= 0.6 is 0 Å². The van der Waals surface area contributed by atoms with Crippen molar-refractivity contribution in [1.29, 1.82) is 0 Å². The molecule has 1 aliphatic rings. The lowest BCUT2D eigenvalue weighted by Gasteiger charge is -2.20. The fraction of sp³-hybridized carbons (Fsp3) is 0.409. The van der Waals surface area contributed by atoms with Crippen LogP contribution in [-0.2, 0) is 30.3 Å². The van der Waals surface area contributed by atoms with E-state index in [9.17, 15) is 21.6 Å². The number of carbonyl (C=O) groups excluding carboxylic acids is 1. The summed E-state index contributed by atoms with van der Waals surface area (Å²) < 4.78 is 60.0. The molecule has 2 aromatic carbocycles. The monoisotopic (exact) mass is 480 g/mol. The zero-order valence-corrected chi connectivity index (χ0v) is 20.4. The normalized spacial score (nSPS) is 18.6. The number of hydrogen-bond donors (Lipinski definition) is 1. The van der Waals surface area contributed by atoms with Crippen molar-refractivity contribution >= 4 is 37.3 Å². The Morgan fingerprint density at radius 3 is 2.25 bits per heavy atom. The van der Waals surface area contributed by atoms with Crippen molar-refractivity contribution in [3.63, 3.8) is 0 Å². The fourth-order valence-electron chi connectivity index (χ4n) is 3.44. The van der Waals surface area contributed by atoms with Gasteiger partial charge in [0, 0.05) is 5.69 Å². The Bertz CT molecular complexity index is 1230. The number of carbonyl (C=O) groups is 1. The molecular formula is C22H28N2O6S2. The van der Waals surface area contributed by atoms with E-state index in [0.717, 1.165) is 11.6 Å². The van der Waals surface area contributed by atoms with Crippen LogP contribution < -0.4 is 13.8 Å². The maximum absolute atomic E-state index is 13.2. The van der Waals surface area contributed by atoms with Gasteiger partial charge in [0.1, 0.15) is 10.6 Å². The molecule has 1 atom stereocenters. The van der Waals surface area contributed by atoms with E-state index in [0.29, 0.717) is 9.99 Å². The number of sulfonamides is 2. The maximum Gasteiger partial charge on any atom is 0.265 e. The van der Waals surface area contributed by atoms with Crippen LogP contribution in [0, 0.1) is 5.92 Å². The summed E-state index contributed by atoms with van der Waals surface area (Å²) in [6.45, 7) is 9.61. The first-order chi connectivity index (χ1) is 14.8. The van der Waals surface area contributed by atoms with E-state index in [4.69, 9.17) is 4.74 Å². The molecule has 0 aromatic heterocycles. The SMILES string of the molecule is CCOc1ccc(N2C(=O)C(C)CS2(=O)=O)cc1S(=O)(=O)Nc1ccc(C(C)(C)C)cc1. The lowest BCUT2D eigenvalue weighted by atomic mass is 9.87. The number of benzene rings is 2. The molecule has 1 heterocycles. The standard InChI is InChI=1S/C22H28N2O6S2/c1-6-30-19-12-11-18(24-21(25)15(2)14-31(24,26)27)13-20(19)32(28,29)23-17-9-7-16(8-10-17)22(3,4)5/h7-13,15,23H,6,14H2,1-5H3. The third-order valence-corrected chi connectivity index (χ3v) is 8.39. The van der Waals surface area contributed by atoms with Gasteiger partial charge in [0.15, 0.2) is 0 Å². The molecule has 0 aliphatic carbocycles. The van der Waals surface area contributed by atoms with E-state index < -0.39 is 31.9 Å². The molecule has 1 N–H and O–H groups in total. The van der Waals surface area contributed by atoms with E-state index in [1.807, 2.05) is 12.1 Å². The molecule has 1 amide bonds. The first-order valence-corrected chi connectivity index (χ1v) is 13.3. The predicted octanol–water partition coefficient (Wildman–Crippen LogP) is 3.50. The lowest BCUT2D eigenvalue weighted by molar-refractivity contribution is -0.119. The summed E-state index contributed by atoms with van der Waals surface area (Å²) in [6, 6.07) is 10.9. The Morgan fingerprint density at radius 2 is 1.75 bits per heavy atom. The second kappa shape index (κ2) is 8.40. The summed E-state index contributed by atoms with van der Waals surface area (Å²) in [5.74, 6) is -1.55. The molecule has 174 valence electrons. The zero-order chi connectivity index (χ0) is 23.9. The molecule has 0 saturated carbocycles. The number of nitrogens with zero attached hydrogens (tertiary/aromatic N) is 1. The predicted molar refractivity (Wildman–Crippen MR) is 124 cm³/mol. The van der Waals surface area contributed by atoms with E-state index in [-0.39, 0.29) is 34.1 Å². The average Bonchev–Trinajstić information content (AvgIpc) is 2.88. The Kier molecular flexibility index (Phi) is 6.32. The molecule has 1 saturated heterocycles. The highest BCUT2D eigenvalue weighted by Gasteiger charge is 2.42. The first-order valence-electron chi connectivity index (χ1n) is 10.2. The van der Waals surface area contributed by atoms with Crippen LogP contribution in [0.25, 0.3) is 0 Å². The van der Waals surface area contributed by atoms with Crippen LogP contribution in [0.5, 0.6) is 5.75 Å². The summed E-state index contributed by atoms with van der Waals surface area (Å²) in [4.78, 5) is 12.2. The van der Waals surface area contributed by atoms with Gasteiger partial charge in [-0.2, -0.15) is 0 Å². The van der Waals surface area contributed by atoms with Crippen LogP contribution in [0.4, 0.5) is 11.4 Å². The molecule has 0 spiro atoms. The Balaban J connectivity index is 2.03. The Morgan fingerprint density at radius 1 is 1.12 bits per heavy atom. The van der Waals surface area contributed by atoms with Gasteiger partial charge in [0.2, 0.25) is 15.9 Å². The molecule has 1 unspecified atom stereocenters. The van der Waals surface area contributed by atoms with Crippen molar-refractivity contribution in [2.75, 3.05) is 21.4 Å². The van der Waals surface area contributed by atoms with Gasteiger partial charge in [0.25, 0.3) is 10.0 Å². The highest BCUT2D eigenvalue weighted by molar-refractivity contribution is 7.94. The molecule has 1 fully saturated rings. The minimum Gasteiger partial charge on any atom is -0.492 e. The number of ether oxygens (including phenoxy) is 1. The molecule has 2 aromatic rings. The minimum absolute atomic E-state index is 0.0359. The van der Waals surface area contributed by atoms with Crippen molar-refractivity contribution in [3.05, 3.63) is 48.0 Å². The lowest BCUT2D eigenvalue weighted by Crippen LogP contribution is -2.30. The number of hydrogen-bond acceptors (Lipinski definition) is 6. The number of amides is 1. The number of anilines is 2. The maximum atomic E-state index is 13.2. The highest BCUT2D eigenvalue weighted by Crippen LogP contribution is 2.35. The molecule has 10 heteroatoms. The molecule has 8 nitrogen and oxygen atoms in total. The van der Waals surface area contributed by atoms with E-state index in [1.54, 1.807) is 19.1 Å². The Labute approximate surface area is 189 Å². The van der Waals surface area contributed by atoms with Crippen molar-refractivity contribution in [3.8, 4) is 5.75 Å². The van der Waals surface area contributed by atoms with Crippen molar-refractivity contribution in [1.82, 2.24) is 0 Å². The van der Waals surface area contributed by atoms with Gasteiger partial charge in [0.05, 0.1) is 24.0 Å². The van der Waals surface area contributed by atoms with E-state index in [2.05, 4.69) is 25.5 Å². The molecule has 3 rings (SSSR count). The summed E-state index contributed by atoms with van der Waals surface area (Å²) in [7, 11) is -8.02. The largest absolute Gasteiger partial charge is 0.492 e. The van der Waals surface area contributed by atoms with Crippen LogP contribution in [-0.4, -0.2) is 35.1 Å². The third-order valence-electron chi connectivity index (χ3n) is 5.11. The second-order valence-electron chi connectivity index (χ2n) is 8.78. The quantitative estimate of drug-likeness (QED) is 0.678. The molecule has 0 radical (unpaired) electrons. The van der Waals surface area contributed by atoms with Crippen LogP contribution in [0.2, 0.25) is 0 Å². The molecular weight excluding hydrogens is 452 g/mol. The van der Waals surface area contributed by atoms with Gasteiger partial charge < -0.3 is 4.74 Å². The van der Waals surface area contributed by atoms with Gasteiger partial charge in [-0.3, -0.25) is 9.52 Å². The highest BCUT2D eigenvalue weighted by atomic mass is 32.2. The first kappa shape index (κ1) is 24.1. The second-order valence-corrected chi connectivity index (χ2v) is 12.3. The summed E-state index contributed by atoms with van der Waals surface area (Å²) in [6.07, 6.45) is 0. The topological polar surface area (TPSA) is 110 Å². The summed E-state index contributed by atoms with van der Waals surface area (Å²) in [5, 5.41) is 0. The molecule has 0 bridgehead atoms. The molecule has 1 aliphatic heterocycles. The zero-order valence-electron chi connectivity index (χ0n) is 18.7. The summed E-state index contributed by atoms with van der Waals surface area (Å²) in [5.41, 5.74) is 1.28. The van der Waals surface area contributed by atoms with Gasteiger partial charge in [-0.15, -0.1) is 0 Å². The summed E-state index contributed by atoms with van der Waals surface area (Å²) >= 11 is 0. The van der Waals surface area contributed by atoms with Crippen LogP contribution in [0.1, 0.15) is 40.2 Å². The van der Waals surface area contributed by atoms with Crippen molar-refractivity contribution in [2.45, 2.75) is 44.9 Å². The van der Waals surface area contributed by atoms with Gasteiger partial charge in [-0.05, 0) is 48.2 Å². The van der Waals surface area contributed by atoms with E-state index >= 15 is 0 Å². The smallest absolute Gasteiger partial charge is 0.265 e. The minimum atomic E-state index is -4.14.